The van der Waals surface area contributed by atoms with Crippen LogP contribution in [0.2, 0.25) is 5.02 Å². The van der Waals surface area contributed by atoms with Gasteiger partial charge in [0, 0.05) is 12.1 Å². The van der Waals surface area contributed by atoms with Crippen LogP contribution in [0.5, 0.6) is 11.5 Å². The fraction of sp³-hybridized carbons (Fsp3) is 0.448. The molecule has 1 aliphatic carbocycles. The molecule has 0 radical (unpaired) electrons. The van der Waals surface area contributed by atoms with Crippen molar-refractivity contribution in [1.29, 1.82) is 0 Å². The average molecular weight is 592 g/mol. The maximum atomic E-state index is 13.2. The lowest BCUT2D eigenvalue weighted by Crippen LogP contribution is -2.42. The first kappa shape index (κ1) is 29.6. The summed E-state index contributed by atoms with van der Waals surface area (Å²) in [7, 11) is 3.63. The molecule has 1 aliphatic rings. The van der Waals surface area contributed by atoms with Crippen LogP contribution >= 0.6 is 34.3 Å². The Morgan fingerprint density at radius 1 is 1.10 bits per heavy atom. The van der Waals surface area contributed by atoms with Crippen molar-refractivity contribution in [3.05, 3.63) is 67.5 Å². The minimum Gasteiger partial charge on any atom is -0.496 e. The lowest BCUT2D eigenvalue weighted by Gasteiger charge is -2.35. The molecular weight excluding hydrogens is 558 g/mol. The number of unbranched alkanes of at least 4 members (excludes halogenated alkanes) is 1. The number of carbonyl (C=O) groups is 2. The first-order valence-corrected chi connectivity index (χ1v) is 15.2. The van der Waals surface area contributed by atoms with Gasteiger partial charge < -0.3 is 24.2 Å². The normalized spacial score (nSPS) is 17.7. The van der Waals surface area contributed by atoms with Gasteiger partial charge in [-0.3, -0.25) is 4.79 Å². The molecule has 0 atom stereocenters. The number of ether oxygens (including phenoxy) is 3. The van der Waals surface area contributed by atoms with Gasteiger partial charge in [-0.1, -0.05) is 23.7 Å². The molecule has 1 saturated carbocycles. The predicted octanol–water partition coefficient (Wildman–Crippen LogP) is 6.17. The predicted molar refractivity (Wildman–Crippen MR) is 155 cm³/mol. The van der Waals surface area contributed by atoms with Crippen LogP contribution in [0.25, 0.3) is 0 Å². The average Bonchev–Trinajstić information content (AvgIpc) is 3.69. The van der Waals surface area contributed by atoms with Crippen molar-refractivity contribution < 1.29 is 28.9 Å². The highest BCUT2D eigenvalue weighted by molar-refractivity contribution is 7.12. The molecule has 1 fully saturated rings. The third kappa shape index (κ3) is 7.02. The Hall–Kier alpha value is -2.43. The van der Waals surface area contributed by atoms with Crippen molar-refractivity contribution >= 4 is 46.5 Å². The van der Waals surface area contributed by atoms with E-state index in [1.807, 2.05) is 22.9 Å². The van der Waals surface area contributed by atoms with Crippen molar-refractivity contribution in [2.45, 2.75) is 56.3 Å². The maximum Gasteiger partial charge on any atom is 0.349 e. The van der Waals surface area contributed by atoms with E-state index in [1.54, 1.807) is 24.3 Å². The monoisotopic (exact) mass is 591 g/mol. The summed E-state index contributed by atoms with van der Waals surface area (Å²) in [6, 6.07) is 10.8. The van der Waals surface area contributed by atoms with Crippen LogP contribution in [0, 0.1) is 0 Å². The first-order valence-electron chi connectivity index (χ1n) is 13.0. The quantitative estimate of drug-likeness (QED) is 0.145. The van der Waals surface area contributed by atoms with E-state index >= 15 is 0 Å². The standard InChI is InChI=1S/C29H34ClNO6S2/c1-31(13-3-4-14-36-25-18-24(35-2)20(19-32)17-23(25)30)21-9-11-22(12-10-21)37-28(33)29(34,26-7-5-15-38-26)27-8-6-16-39-27/h5-8,15-19,21-22,34H,3-4,9-14H2,1-2H3. The van der Waals surface area contributed by atoms with E-state index in [1.165, 1.54) is 29.8 Å². The zero-order valence-electron chi connectivity index (χ0n) is 22.1. The summed E-state index contributed by atoms with van der Waals surface area (Å²) in [4.78, 5) is 27.9. The summed E-state index contributed by atoms with van der Waals surface area (Å²) < 4.78 is 16.9. The molecule has 3 aromatic rings. The van der Waals surface area contributed by atoms with E-state index in [0.717, 1.165) is 45.1 Å². The van der Waals surface area contributed by atoms with E-state index in [2.05, 4.69) is 11.9 Å². The molecule has 0 spiro atoms. The molecule has 210 valence electrons. The molecule has 1 aromatic carbocycles. The van der Waals surface area contributed by atoms with Crippen molar-refractivity contribution in [3.8, 4) is 11.5 Å². The van der Waals surface area contributed by atoms with Gasteiger partial charge in [-0.05, 0) is 81.1 Å². The SMILES string of the molecule is COc1cc(OCCCCN(C)C2CCC(OC(=O)C(O)(c3cccs3)c3cccs3)CC2)c(Cl)cc1C=O. The summed E-state index contributed by atoms with van der Waals surface area (Å²) in [6.45, 7) is 1.44. The van der Waals surface area contributed by atoms with Crippen LogP contribution in [0.3, 0.4) is 0 Å². The number of benzene rings is 1. The summed E-state index contributed by atoms with van der Waals surface area (Å²) in [6.07, 6.45) is 5.72. The maximum absolute atomic E-state index is 13.2. The van der Waals surface area contributed by atoms with Gasteiger partial charge in [0.05, 0.1) is 34.1 Å². The second kappa shape index (κ2) is 13.8. The number of halogens is 1. The van der Waals surface area contributed by atoms with E-state index in [4.69, 9.17) is 25.8 Å². The largest absolute Gasteiger partial charge is 0.496 e. The highest BCUT2D eigenvalue weighted by Gasteiger charge is 2.45. The number of hydrogen-bond donors (Lipinski definition) is 1. The van der Waals surface area contributed by atoms with Crippen LogP contribution in [0.4, 0.5) is 0 Å². The Morgan fingerprint density at radius 3 is 2.33 bits per heavy atom. The van der Waals surface area contributed by atoms with Gasteiger partial charge in [-0.25, -0.2) is 4.79 Å². The molecule has 10 heteroatoms. The number of methoxy groups -OCH3 is 1. The van der Waals surface area contributed by atoms with Crippen molar-refractivity contribution in [1.82, 2.24) is 4.90 Å². The Kier molecular flexibility index (Phi) is 10.4. The van der Waals surface area contributed by atoms with Gasteiger partial charge in [0.15, 0.2) is 6.29 Å². The number of aliphatic hydroxyl groups is 1. The van der Waals surface area contributed by atoms with Crippen molar-refractivity contribution in [2.24, 2.45) is 0 Å². The zero-order chi connectivity index (χ0) is 27.8. The van der Waals surface area contributed by atoms with Crippen LogP contribution < -0.4 is 9.47 Å². The van der Waals surface area contributed by atoms with E-state index in [-0.39, 0.29) is 6.10 Å². The molecule has 0 saturated heterocycles. The lowest BCUT2D eigenvalue weighted by atomic mass is 9.91. The number of hydrogen-bond acceptors (Lipinski definition) is 9. The van der Waals surface area contributed by atoms with Gasteiger partial charge in [-0.15, -0.1) is 22.7 Å². The van der Waals surface area contributed by atoms with Crippen LogP contribution in [0.15, 0.2) is 47.2 Å². The third-order valence-electron chi connectivity index (χ3n) is 7.17. The molecule has 7 nitrogen and oxygen atoms in total. The summed E-state index contributed by atoms with van der Waals surface area (Å²) in [5.74, 6) is 0.348. The van der Waals surface area contributed by atoms with Crippen LogP contribution in [-0.2, 0) is 15.1 Å². The number of aldehydes is 1. The molecule has 0 amide bonds. The van der Waals surface area contributed by atoms with Gasteiger partial charge in [0.25, 0.3) is 0 Å². The number of carbonyl (C=O) groups excluding carboxylic acids is 2. The van der Waals surface area contributed by atoms with Crippen LogP contribution in [0.1, 0.15) is 58.6 Å². The Labute approximate surface area is 242 Å². The highest BCUT2D eigenvalue weighted by atomic mass is 35.5. The molecule has 39 heavy (non-hydrogen) atoms. The molecule has 0 unspecified atom stereocenters. The van der Waals surface area contributed by atoms with E-state index in [9.17, 15) is 14.7 Å². The Balaban J connectivity index is 1.20. The second-order valence-corrected chi connectivity index (χ2v) is 12.0. The molecule has 1 N–H and O–H groups in total. The van der Waals surface area contributed by atoms with Crippen LogP contribution in [-0.4, -0.2) is 61.7 Å². The van der Waals surface area contributed by atoms with Crippen molar-refractivity contribution in [2.75, 3.05) is 27.3 Å². The number of nitrogens with zero attached hydrogens (tertiary/aromatic N) is 1. The zero-order valence-corrected chi connectivity index (χ0v) is 24.5. The van der Waals surface area contributed by atoms with E-state index in [0.29, 0.717) is 50.8 Å². The lowest BCUT2D eigenvalue weighted by molar-refractivity contribution is -0.169. The number of rotatable bonds is 13. The molecule has 2 aromatic heterocycles. The minimum atomic E-state index is -1.76. The third-order valence-corrected chi connectivity index (χ3v) is 9.42. The summed E-state index contributed by atoms with van der Waals surface area (Å²) in [5.41, 5.74) is -1.37. The van der Waals surface area contributed by atoms with Gasteiger partial charge in [-0.2, -0.15) is 0 Å². The fourth-order valence-electron chi connectivity index (χ4n) is 4.89. The topological polar surface area (TPSA) is 85.3 Å². The summed E-state index contributed by atoms with van der Waals surface area (Å²) >= 11 is 8.93. The Morgan fingerprint density at radius 2 is 1.77 bits per heavy atom. The smallest absolute Gasteiger partial charge is 0.349 e. The first-order chi connectivity index (χ1) is 18.9. The molecule has 4 rings (SSSR count). The van der Waals surface area contributed by atoms with Gasteiger partial charge >= 0.3 is 5.97 Å². The highest BCUT2D eigenvalue weighted by Crippen LogP contribution is 2.38. The van der Waals surface area contributed by atoms with E-state index < -0.39 is 11.6 Å². The number of thiophene rings is 2. The summed E-state index contributed by atoms with van der Waals surface area (Å²) in [5, 5.41) is 15.5. The van der Waals surface area contributed by atoms with Gasteiger partial charge in [0.1, 0.15) is 17.6 Å². The molecule has 0 bridgehead atoms. The minimum absolute atomic E-state index is 0.200. The molecule has 2 heterocycles. The molecule has 0 aliphatic heterocycles. The Bertz CT molecular complexity index is 1170. The second-order valence-electron chi connectivity index (χ2n) is 9.68. The fourth-order valence-corrected chi connectivity index (χ4v) is 6.83. The molecular formula is C29H34ClNO6S2. The van der Waals surface area contributed by atoms with Gasteiger partial charge in [0.2, 0.25) is 5.60 Å². The number of esters is 1. The van der Waals surface area contributed by atoms with Crippen molar-refractivity contribution in [3.63, 3.8) is 0 Å².